The molecule has 0 aromatic rings. The second-order valence-corrected chi connectivity index (χ2v) is 4.52. The molecule has 0 saturated heterocycles. The molecule has 80 valence electrons. The van der Waals surface area contributed by atoms with Gasteiger partial charge in [0.1, 0.15) is 5.60 Å². The molecule has 0 aromatic heterocycles. The molecule has 0 spiro atoms. The summed E-state index contributed by atoms with van der Waals surface area (Å²) in [4.78, 5) is 11.6. The molecule has 1 aliphatic heterocycles. The van der Waals surface area contributed by atoms with Crippen molar-refractivity contribution in [2.45, 2.75) is 39.2 Å². The fourth-order valence-electron chi connectivity index (χ4n) is 1.33. The van der Waals surface area contributed by atoms with Crippen LogP contribution in [0.5, 0.6) is 0 Å². The first kappa shape index (κ1) is 11.2. The Kier molecular flexibility index (Phi) is 3.69. The summed E-state index contributed by atoms with van der Waals surface area (Å²) in [5, 5.41) is 3.24. The third kappa shape index (κ3) is 3.92. The lowest BCUT2D eigenvalue weighted by Gasteiger charge is -2.20. The number of hydrogen-bond donors (Lipinski definition) is 1. The fourth-order valence-corrected chi connectivity index (χ4v) is 1.33. The molecule has 0 fully saturated rings. The number of carbonyl (C=O) groups is 1. The van der Waals surface area contributed by atoms with E-state index in [4.69, 9.17) is 4.74 Å². The van der Waals surface area contributed by atoms with Crippen LogP contribution in [-0.4, -0.2) is 24.7 Å². The predicted molar refractivity (Wildman–Crippen MR) is 56.0 cm³/mol. The van der Waals surface area contributed by atoms with Crippen molar-refractivity contribution < 1.29 is 9.53 Å². The van der Waals surface area contributed by atoms with E-state index in [9.17, 15) is 4.79 Å². The van der Waals surface area contributed by atoms with Gasteiger partial charge >= 0.3 is 5.97 Å². The van der Waals surface area contributed by atoms with Crippen LogP contribution in [0.15, 0.2) is 11.6 Å². The van der Waals surface area contributed by atoms with Gasteiger partial charge in [0.05, 0.1) is 0 Å². The quantitative estimate of drug-likeness (QED) is 0.649. The van der Waals surface area contributed by atoms with Crippen LogP contribution in [0.25, 0.3) is 0 Å². The highest BCUT2D eigenvalue weighted by molar-refractivity contribution is 5.88. The van der Waals surface area contributed by atoms with Crippen molar-refractivity contribution >= 4 is 5.97 Å². The molecular formula is C11H19NO2. The maximum absolute atomic E-state index is 11.6. The summed E-state index contributed by atoms with van der Waals surface area (Å²) in [5.41, 5.74) is 0.419. The monoisotopic (exact) mass is 197 g/mol. The van der Waals surface area contributed by atoms with Crippen LogP contribution in [0.2, 0.25) is 0 Å². The molecule has 0 bridgehead atoms. The van der Waals surface area contributed by atoms with Crippen molar-refractivity contribution in [1.29, 1.82) is 0 Å². The van der Waals surface area contributed by atoms with Gasteiger partial charge in [-0.25, -0.2) is 4.79 Å². The average molecular weight is 197 g/mol. The largest absolute Gasteiger partial charge is 0.457 e. The van der Waals surface area contributed by atoms with E-state index in [1.165, 1.54) is 0 Å². The molecule has 0 atom stereocenters. The smallest absolute Gasteiger partial charge is 0.334 e. The van der Waals surface area contributed by atoms with E-state index >= 15 is 0 Å². The van der Waals surface area contributed by atoms with E-state index in [0.717, 1.165) is 31.5 Å². The molecule has 3 nitrogen and oxygen atoms in total. The lowest BCUT2D eigenvalue weighted by atomic mass is 10.1. The molecule has 0 aliphatic carbocycles. The zero-order valence-corrected chi connectivity index (χ0v) is 9.22. The summed E-state index contributed by atoms with van der Waals surface area (Å²) in [5.74, 6) is -0.166. The van der Waals surface area contributed by atoms with Crippen LogP contribution in [0.1, 0.15) is 33.6 Å². The Labute approximate surface area is 85.5 Å². The molecular weight excluding hydrogens is 178 g/mol. The molecule has 1 aliphatic rings. The molecule has 3 heteroatoms. The van der Waals surface area contributed by atoms with E-state index < -0.39 is 5.60 Å². The molecule has 0 amide bonds. The highest BCUT2D eigenvalue weighted by atomic mass is 16.6. The van der Waals surface area contributed by atoms with E-state index in [-0.39, 0.29) is 5.97 Å². The third-order valence-corrected chi connectivity index (χ3v) is 1.94. The van der Waals surface area contributed by atoms with Gasteiger partial charge in [0.15, 0.2) is 0 Å². The summed E-state index contributed by atoms with van der Waals surface area (Å²) in [6.07, 6.45) is 3.66. The van der Waals surface area contributed by atoms with Gasteiger partial charge in [-0.2, -0.15) is 0 Å². The molecule has 0 saturated carbocycles. The number of ether oxygens (including phenoxy) is 1. The molecule has 1 N–H and O–H groups in total. The number of esters is 1. The van der Waals surface area contributed by atoms with Gasteiger partial charge < -0.3 is 10.1 Å². The normalized spacial score (nSPS) is 18.4. The van der Waals surface area contributed by atoms with Gasteiger partial charge in [0.2, 0.25) is 0 Å². The summed E-state index contributed by atoms with van der Waals surface area (Å²) < 4.78 is 5.30. The summed E-state index contributed by atoms with van der Waals surface area (Å²) in [6, 6.07) is 0. The zero-order chi connectivity index (χ0) is 10.6. The number of hydrogen-bond acceptors (Lipinski definition) is 3. The van der Waals surface area contributed by atoms with Crippen LogP contribution < -0.4 is 5.32 Å². The van der Waals surface area contributed by atoms with Crippen LogP contribution >= 0.6 is 0 Å². The molecule has 0 aromatic carbocycles. The van der Waals surface area contributed by atoms with Gasteiger partial charge in [-0.1, -0.05) is 6.08 Å². The van der Waals surface area contributed by atoms with Crippen LogP contribution in [0.4, 0.5) is 0 Å². The van der Waals surface area contributed by atoms with Gasteiger partial charge in [-0.05, 0) is 46.7 Å². The van der Waals surface area contributed by atoms with Crippen molar-refractivity contribution in [1.82, 2.24) is 5.32 Å². The van der Waals surface area contributed by atoms with Crippen molar-refractivity contribution in [3.05, 3.63) is 11.6 Å². The Balaban J connectivity index is 2.54. The molecule has 1 heterocycles. The fraction of sp³-hybridized carbons (Fsp3) is 0.727. The lowest BCUT2D eigenvalue weighted by molar-refractivity contribution is -0.150. The van der Waals surface area contributed by atoms with E-state index in [1.54, 1.807) is 0 Å². The Bertz CT molecular complexity index is 238. The first-order valence-electron chi connectivity index (χ1n) is 5.12. The number of nitrogens with one attached hydrogen (secondary N) is 1. The summed E-state index contributed by atoms with van der Waals surface area (Å²) >= 11 is 0. The Morgan fingerprint density at radius 2 is 2.14 bits per heavy atom. The maximum Gasteiger partial charge on any atom is 0.334 e. The van der Waals surface area contributed by atoms with E-state index in [1.807, 2.05) is 26.8 Å². The Hall–Kier alpha value is -0.830. The Morgan fingerprint density at radius 1 is 1.43 bits per heavy atom. The van der Waals surface area contributed by atoms with Crippen LogP contribution in [0.3, 0.4) is 0 Å². The highest BCUT2D eigenvalue weighted by Crippen LogP contribution is 2.14. The second-order valence-electron chi connectivity index (χ2n) is 4.52. The maximum atomic E-state index is 11.6. The van der Waals surface area contributed by atoms with Crippen molar-refractivity contribution in [3.8, 4) is 0 Å². The molecule has 14 heavy (non-hydrogen) atoms. The minimum atomic E-state index is -0.391. The van der Waals surface area contributed by atoms with Gasteiger partial charge in [0.25, 0.3) is 0 Å². The van der Waals surface area contributed by atoms with Crippen molar-refractivity contribution in [2.75, 3.05) is 13.1 Å². The third-order valence-electron chi connectivity index (χ3n) is 1.94. The second kappa shape index (κ2) is 4.60. The van der Waals surface area contributed by atoms with Crippen LogP contribution in [0, 0.1) is 0 Å². The number of carbonyl (C=O) groups excluding carboxylic acids is 1. The SMILES string of the molecule is CC(C)(C)OC(=O)C1=CCCNCC1. The average Bonchev–Trinajstić information content (AvgIpc) is 2.27. The minimum absolute atomic E-state index is 0.166. The standard InChI is InChI=1S/C11H19NO2/c1-11(2,3)14-10(13)9-5-4-7-12-8-6-9/h5,12H,4,6-8H2,1-3H3. The van der Waals surface area contributed by atoms with E-state index in [0.29, 0.717) is 0 Å². The first-order chi connectivity index (χ1) is 6.49. The molecule has 0 unspecified atom stereocenters. The van der Waals surface area contributed by atoms with Crippen LogP contribution in [-0.2, 0) is 9.53 Å². The van der Waals surface area contributed by atoms with Crippen molar-refractivity contribution in [2.24, 2.45) is 0 Å². The highest BCUT2D eigenvalue weighted by Gasteiger charge is 2.19. The number of rotatable bonds is 1. The zero-order valence-electron chi connectivity index (χ0n) is 9.22. The van der Waals surface area contributed by atoms with Gasteiger partial charge in [0, 0.05) is 5.57 Å². The summed E-state index contributed by atoms with van der Waals surface area (Å²) in [7, 11) is 0. The molecule has 1 rings (SSSR count). The topological polar surface area (TPSA) is 38.3 Å². The Morgan fingerprint density at radius 3 is 2.79 bits per heavy atom. The van der Waals surface area contributed by atoms with Gasteiger partial charge in [-0.15, -0.1) is 0 Å². The minimum Gasteiger partial charge on any atom is -0.457 e. The van der Waals surface area contributed by atoms with Gasteiger partial charge in [-0.3, -0.25) is 0 Å². The van der Waals surface area contributed by atoms with Crippen molar-refractivity contribution in [3.63, 3.8) is 0 Å². The molecule has 0 radical (unpaired) electrons. The van der Waals surface area contributed by atoms with E-state index in [2.05, 4.69) is 5.32 Å². The predicted octanol–water partition coefficient (Wildman–Crippen LogP) is 1.64. The lowest BCUT2D eigenvalue weighted by Crippen LogP contribution is -2.25. The first-order valence-corrected chi connectivity index (χ1v) is 5.12. The summed E-state index contributed by atoms with van der Waals surface area (Å²) in [6.45, 7) is 7.48.